The van der Waals surface area contributed by atoms with Crippen LogP contribution in [0.15, 0.2) is 52.4 Å². The van der Waals surface area contributed by atoms with Crippen molar-refractivity contribution < 1.29 is 17.9 Å². The lowest BCUT2D eigenvalue weighted by Gasteiger charge is -2.20. The number of hydrogen-bond donors (Lipinski definition) is 0. The zero-order valence-electron chi connectivity index (χ0n) is 19.9. The third kappa shape index (κ3) is 5.33. The zero-order chi connectivity index (χ0) is 24.3. The minimum atomic E-state index is -3.65. The van der Waals surface area contributed by atoms with Gasteiger partial charge in [0.15, 0.2) is 4.80 Å². The number of aromatic nitrogens is 1. The Balaban J connectivity index is 1.53. The van der Waals surface area contributed by atoms with Gasteiger partial charge in [0, 0.05) is 32.8 Å². The van der Waals surface area contributed by atoms with E-state index >= 15 is 0 Å². The molecular formula is C25H31N3O4S2. The quantitative estimate of drug-likeness (QED) is 0.465. The van der Waals surface area contributed by atoms with Crippen molar-refractivity contribution in [2.45, 2.75) is 50.0 Å². The lowest BCUT2D eigenvalue weighted by Crippen LogP contribution is -2.34. The van der Waals surface area contributed by atoms with Crippen molar-refractivity contribution >= 4 is 37.5 Å². The average Bonchev–Trinajstić information content (AvgIpc) is 3.45. The molecule has 1 amide bonds. The number of fused-ring (bicyclic) bond motifs is 1. The van der Waals surface area contributed by atoms with Crippen LogP contribution in [0.4, 0.5) is 0 Å². The Labute approximate surface area is 204 Å². The van der Waals surface area contributed by atoms with Gasteiger partial charge in [-0.25, -0.2) is 8.42 Å². The van der Waals surface area contributed by atoms with Gasteiger partial charge >= 0.3 is 0 Å². The molecule has 1 atom stereocenters. The fourth-order valence-corrected chi connectivity index (χ4v) is 6.38. The number of thiazole rings is 1. The first-order chi connectivity index (χ1) is 16.3. The lowest BCUT2D eigenvalue weighted by molar-refractivity contribution is 0.0979. The van der Waals surface area contributed by atoms with Crippen LogP contribution in [-0.4, -0.2) is 49.5 Å². The number of carbonyl (C=O) groups is 1. The van der Waals surface area contributed by atoms with E-state index in [0.717, 1.165) is 42.3 Å². The van der Waals surface area contributed by atoms with Gasteiger partial charge in [0.05, 0.1) is 21.2 Å². The summed E-state index contributed by atoms with van der Waals surface area (Å²) >= 11 is 1.48. The number of benzene rings is 2. The summed E-state index contributed by atoms with van der Waals surface area (Å²) in [4.78, 5) is 17.9. The van der Waals surface area contributed by atoms with Crippen LogP contribution in [-0.2, 0) is 28.2 Å². The van der Waals surface area contributed by atoms with E-state index in [1.807, 2.05) is 11.6 Å². The second-order valence-corrected chi connectivity index (χ2v) is 11.8. The molecule has 0 radical (unpaired) electrons. The van der Waals surface area contributed by atoms with Crippen LogP contribution in [0.2, 0.25) is 0 Å². The summed E-state index contributed by atoms with van der Waals surface area (Å²) in [5.41, 5.74) is 2.67. The SMILES string of the molecule is CCCCc1ccc2c(c1)sc(=NC(=O)c1ccc(S(=O)(=O)N(C)CC3CCCO3)cc1)n2C. The maximum atomic E-state index is 12.9. The van der Waals surface area contributed by atoms with E-state index in [2.05, 4.69) is 30.1 Å². The molecule has 1 saturated heterocycles. The molecule has 0 spiro atoms. The molecule has 0 bridgehead atoms. The number of likely N-dealkylation sites (N-methyl/N-ethyl adjacent to an activating group) is 1. The monoisotopic (exact) mass is 501 g/mol. The molecule has 1 unspecified atom stereocenters. The minimum absolute atomic E-state index is 0.0656. The first-order valence-electron chi connectivity index (χ1n) is 11.6. The number of unbranched alkanes of at least 4 members (excludes halogenated alkanes) is 1. The molecule has 0 N–H and O–H groups in total. The second kappa shape index (κ2) is 10.5. The Kier molecular flexibility index (Phi) is 7.67. The number of hydrogen-bond acceptors (Lipinski definition) is 5. The van der Waals surface area contributed by atoms with E-state index in [1.165, 1.54) is 45.5 Å². The van der Waals surface area contributed by atoms with Crippen LogP contribution in [0.5, 0.6) is 0 Å². The van der Waals surface area contributed by atoms with Crippen molar-refractivity contribution in [1.29, 1.82) is 0 Å². The van der Waals surface area contributed by atoms with Crippen molar-refractivity contribution in [2.24, 2.45) is 12.0 Å². The Morgan fingerprint density at radius 3 is 2.68 bits per heavy atom. The summed E-state index contributed by atoms with van der Waals surface area (Å²) in [6.45, 7) is 3.18. The number of ether oxygens (including phenoxy) is 1. The summed E-state index contributed by atoms with van der Waals surface area (Å²) < 4.78 is 35.7. The molecule has 1 aromatic heterocycles. The first-order valence-corrected chi connectivity index (χ1v) is 13.9. The summed E-state index contributed by atoms with van der Waals surface area (Å²) in [7, 11) is -0.198. The zero-order valence-corrected chi connectivity index (χ0v) is 21.5. The Morgan fingerprint density at radius 1 is 1.24 bits per heavy atom. The Morgan fingerprint density at radius 2 is 2.00 bits per heavy atom. The van der Waals surface area contributed by atoms with Crippen molar-refractivity contribution in [3.05, 3.63) is 58.4 Å². The van der Waals surface area contributed by atoms with E-state index in [-0.39, 0.29) is 11.0 Å². The van der Waals surface area contributed by atoms with Crippen molar-refractivity contribution in [1.82, 2.24) is 8.87 Å². The number of carbonyl (C=O) groups excluding carboxylic acids is 1. The average molecular weight is 502 g/mol. The first kappa shape index (κ1) is 24.8. The molecule has 4 rings (SSSR count). The van der Waals surface area contributed by atoms with Gasteiger partial charge in [0.1, 0.15) is 0 Å². The maximum Gasteiger partial charge on any atom is 0.279 e. The highest BCUT2D eigenvalue weighted by atomic mass is 32.2. The number of aryl methyl sites for hydroxylation is 2. The molecule has 9 heteroatoms. The van der Waals surface area contributed by atoms with E-state index in [1.54, 1.807) is 7.05 Å². The molecular weight excluding hydrogens is 470 g/mol. The molecule has 0 saturated carbocycles. The van der Waals surface area contributed by atoms with Crippen molar-refractivity contribution in [3.63, 3.8) is 0 Å². The van der Waals surface area contributed by atoms with Crippen molar-refractivity contribution in [3.8, 4) is 0 Å². The third-order valence-electron chi connectivity index (χ3n) is 6.18. The molecule has 1 aliphatic rings. The van der Waals surface area contributed by atoms with Gasteiger partial charge in [-0.2, -0.15) is 9.30 Å². The Hall–Kier alpha value is -2.33. The standard InChI is InChI=1S/C25H31N3O4S2/c1-4-5-7-18-9-14-22-23(16-18)33-25(28(22)3)26-24(29)19-10-12-21(13-11-19)34(30,31)27(2)17-20-8-6-15-32-20/h9-14,16,20H,4-8,15,17H2,1-3H3. The predicted molar refractivity (Wildman–Crippen MR) is 135 cm³/mol. The third-order valence-corrected chi connectivity index (χ3v) is 9.12. The number of sulfonamides is 1. The summed E-state index contributed by atoms with van der Waals surface area (Å²) in [5, 5.41) is 0. The smallest absolute Gasteiger partial charge is 0.279 e. The van der Waals surface area contributed by atoms with Crippen LogP contribution in [0.1, 0.15) is 48.5 Å². The molecule has 3 aromatic rings. The van der Waals surface area contributed by atoms with Crippen LogP contribution in [0, 0.1) is 0 Å². The van der Waals surface area contributed by atoms with Gasteiger partial charge in [0.25, 0.3) is 5.91 Å². The van der Waals surface area contributed by atoms with Gasteiger partial charge in [-0.3, -0.25) is 4.79 Å². The molecule has 7 nitrogen and oxygen atoms in total. The van der Waals surface area contributed by atoms with Gasteiger partial charge in [0.2, 0.25) is 10.0 Å². The molecule has 2 heterocycles. The van der Waals surface area contributed by atoms with E-state index in [0.29, 0.717) is 23.5 Å². The maximum absolute atomic E-state index is 12.9. The number of nitrogens with zero attached hydrogens (tertiary/aromatic N) is 3. The van der Waals surface area contributed by atoms with Crippen LogP contribution in [0.25, 0.3) is 10.2 Å². The van der Waals surface area contributed by atoms with E-state index in [4.69, 9.17) is 4.74 Å². The van der Waals surface area contributed by atoms with Crippen LogP contribution >= 0.6 is 11.3 Å². The molecule has 1 aliphatic heterocycles. The van der Waals surface area contributed by atoms with E-state index in [9.17, 15) is 13.2 Å². The fraction of sp³-hybridized carbons (Fsp3) is 0.440. The normalized spacial score (nSPS) is 17.2. The summed E-state index contributed by atoms with van der Waals surface area (Å²) in [5.74, 6) is -0.398. The number of amides is 1. The van der Waals surface area contributed by atoms with Crippen molar-refractivity contribution in [2.75, 3.05) is 20.2 Å². The predicted octanol–water partition coefficient (Wildman–Crippen LogP) is 4.12. The van der Waals surface area contributed by atoms with Gasteiger partial charge in [-0.15, -0.1) is 0 Å². The highest BCUT2D eigenvalue weighted by molar-refractivity contribution is 7.89. The highest BCUT2D eigenvalue weighted by Gasteiger charge is 2.26. The van der Waals surface area contributed by atoms with E-state index < -0.39 is 15.9 Å². The molecule has 182 valence electrons. The van der Waals surface area contributed by atoms with Crippen LogP contribution in [0.3, 0.4) is 0 Å². The molecule has 1 fully saturated rings. The second-order valence-electron chi connectivity index (χ2n) is 8.71. The van der Waals surface area contributed by atoms with Gasteiger partial charge in [-0.05, 0) is 67.6 Å². The molecule has 0 aliphatic carbocycles. The fourth-order valence-electron chi connectivity index (χ4n) is 4.10. The lowest BCUT2D eigenvalue weighted by atomic mass is 10.1. The molecule has 2 aromatic carbocycles. The topological polar surface area (TPSA) is 81.0 Å². The largest absolute Gasteiger partial charge is 0.377 e. The van der Waals surface area contributed by atoms with Gasteiger partial charge < -0.3 is 9.30 Å². The highest BCUT2D eigenvalue weighted by Crippen LogP contribution is 2.21. The van der Waals surface area contributed by atoms with Gasteiger partial charge in [-0.1, -0.05) is 30.7 Å². The molecule has 34 heavy (non-hydrogen) atoms. The van der Waals surface area contributed by atoms with Crippen LogP contribution < -0.4 is 4.80 Å². The minimum Gasteiger partial charge on any atom is -0.377 e. The summed E-state index contributed by atoms with van der Waals surface area (Å²) in [6, 6.07) is 12.4. The summed E-state index contributed by atoms with van der Waals surface area (Å²) in [6.07, 6.45) is 5.09. The number of rotatable bonds is 8. The Bertz CT molecular complexity index is 1330.